The lowest BCUT2D eigenvalue weighted by atomic mass is 10.1. The second kappa shape index (κ2) is 5.95. The van der Waals surface area contributed by atoms with Crippen LogP contribution < -0.4 is 11.1 Å². The molecule has 5 nitrogen and oxygen atoms in total. The van der Waals surface area contributed by atoms with Gasteiger partial charge in [-0.15, -0.1) is 11.3 Å². The zero-order valence-electron chi connectivity index (χ0n) is 11.6. The molecule has 1 aromatic carbocycles. The van der Waals surface area contributed by atoms with Crippen LogP contribution in [-0.4, -0.2) is 16.8 Å². The fourth-order valence-electron chi connectivity index (χ4n) is 2.29. The lowest BCUT2D eigenvalue weighted by Gasteiger charge is -2.07. The predicted octanol–water partition coefficient (Wildman–Crippen LogP) is 2.58. The number of anilines is 1. The number of primary amides is 1. The summed E-state index contributed by atoms with van der Waals surface area (Å²) in [4.78, 5) is 28.1. The molecule has 0 radical (unpaired) electrons. The van der Waals surface area contributed by atoms with E-state index in [4.69, 9.17) is 5.73 Å². The van der Waals surface area contributed by atoms with E-state index in [1.165, 1.54) is 11.3 Å². The predicted molar refractivity (Wildman–Crippen MR) is 86.9 cm³/mol. The van der Waals surface area contributed by atoms with Crippen molar-refractivity contribution in [1.29, 1.82) is 0 Å². The molecule has 0 aliphatic carbocycles. The number of carbonyl (C=O) groups is 2. The molecular weight excluding hydrogens is 298 g/mol. The van der Waals surface area contributed by atoms with Crippen molar-refractivity contribution in [3.63, 3.8) is 0 Å². The number of carbonyl (C=O) groups excluding carboxylic acids is 2. The Hall–Kier alpha value is -2.73. The first-order valence-corrected chi connectivity index (χ1v) is 7.53. The number of hydrogen-bond acceptors (Lipinski definition) is 4. The van der Waals surface area contributed by atoms with Gasteiger partial charge in [-0.1, -0.05) is 18.2 Å². The summed E-state index contributed by atoms with van der Waals surface area (Å²) >= 11 is 1.21. The number of hydrogen-bond donors (Lipinski definition) is 2. The van der Waals surface area contributed by atoms with Gasteiger partial charge in [-0.05, 0) is 29.1 Å². The Labute approximate surface area is 130 Å². The van der Waals surface area contributed by atoms with Crippen molar-refractivity contribution < 1.29 is 9.59 Å². The maximum Gasteiger partial charge on any atom is 0.260 e. The van der Waals surface area contributed by atoms with Crippen molar-refractivity contribution in [2.45, 2.75) is 6.42 Å². The van der Waals surface area contributed by atoms with Crippen molar-refractivity contribution in [2.24, 2.45) is 5.73 Å². The van der Waals surface area contributed by atoms with E-state index in [1.54, 1.807) is 17.6 Å². The van der Waals surface area contributed by atoms with Gasteiger partial charge in [0.15, 0.2) is 0 Å². The maximum absolute atomic E-state index is 12.2. The van der Waals surface area contributed by atoms with Crippen LogP contribution in [0.2, 0.25) is 0 Å². The van der Waals surface area contributed by atoms with E-state index in [0.717, 1.165) is 16.5 Å². The molecule has 110 valence electrons. The summed E-state index contributed by atoms with van der Waals surface area (Å²) < 4.78 is 0. The summed E-state index contributed by atoms with van der Waals surface area (Å²) in [6.45, 7) is 0. The highest BCUT2D eigenvalue weighted by Gasteiger charge is 2.13. The van der Waals surface area contributed by atoms with Crippen LogP contribution in [0.3, 0.4) is 0 Å². The molecule has 0 saturated carbocycles. The van der Waals surface area contributed by atoms with Gasteiger partial charge in [0.05, 0.1) is 17.6 Å². The molecule has 6 heteroatoms. The van der Waals surface area contributed by atoms with E-state index >= 15 is 0 Å². The Morgan fingerprint density at radius 3 is 2.86 bits per heavy atom. The molecule has 3 aromatic rings. The molecule has 0 aliphatic heterocycles. The van der Waals surface area contributed by atoms with Gasteiger partial charge in [-0.2, -0.15) is 0 Å². The normalized spacial score (nSPS) is 10.5. The number of nitrogens with one attached hydrogen (secondary N) is 1. The van der Waals surface area contributed by atoms with E-state index in [2.05, 4.69) is 10.3 Å². The van der Waals surface area contributed by atoms with Gasteiger partial charge in [0.25, 0.3) is 5.91 Å². The molecule has 0 fully saturated rings. The number of aromatic nitrogens is 1. The number of nitrogens with two attached hydrogens (primary N) is 1. The summed E-state index contributed by atoms with van der Waals surface area (Å²) in [5.74, 6) is -0.739. The Morgan fingerprint density at radius 2 is 2.05 bits per heavy atom. The van der Waals surface area contributed by atoms with Crippen molar-refractivity contribution in [2.75, 3.05) is 5.32 Å². The second-order valence-corrected chi connectivity index (χ2v) is 5.66. The summed E-state index contributed by atoms with van der Waals surface area (Å²) in [7, 11) is 0. The molecule has 22 heavy (non-hydrogen) atoms. The van der Waals surface area contributed by atoms with E-state index in [-0.39, 0.29) is 12.3 Å². The fourth-order valence-corrected chi connectivity index (χ4v) is 2.99. The SMILES string of the molecule is NC(=O)c1sccc1NC(=O)Cc1cccc2ncccc12. The Balaban J connectivity index is 1.82. The number of nitrogens with zero attached hydrogens (tertiary/aromatic N) is 1. The molecule has 0 bridgehead atoms. The van der Waals surface area contributed by atoms with Crippen LogP contribution in [0.1, 0.15) is 15.2 Å². The third-order valence-corrected chi connectivity index (χ3v) is 4.18. The van der Waals surface area contributed by atoms with Crippen LogP contribution in [0.4, 0.5) is 5.69 Å². The minimum atomic E-state index is -0.542. The quantitative estimate of drug-likeness (QED) is 0.776. The van der Waals surface area contributed by atoms with Crippen LogP contribution in [0.25, 0.3) is 10.9 Å². The second-order valence-electron chi connectivity index (χ2n) is 4.74. The highest BCUT2D eigenvalue weighted by Crippen LogP contribution is 2.22. The molecule has 3 N–H and O–H groups in total. The van der Waals surface area contributed by atoms with Gasteiger partial charge in [0.1, 0.15) is 4.88 Å². The average molecular weight is 311 g/mol. The molecule has 0 atom stereocenters. The van der Waals surface area contributed by atoms with Gasteiger partial charge in [-0.3, -0.25) is 14.6 Å². The van der Waals surface area contributed by atoms with Gasteiger partial charge < -0.3 is 11.1 Å². The van der Waals surface area contributed by atoms with Crippen LogP contribution in [0.15, 0.2) is 48.0 Å². The highest BCUT2D eigenvalue weighted by atomic mass is 32.1. The molecular formula is C16H13N3O2S. The fraction of sp³-hybridized carbons (Fsp3) is 0.0625. The molecule has 2 heterocycles. The van der Waals surface area contributed by atoms with Crippen molar-refractivity contribution in [1.82, 2.24) is 4.98 Å². The van der Waals surface area contributed by atoms with Crippen LogP contribution in [-0.2, 0) is 11.2 Å². The smallest absolute Gasteiger partial charge is 0.260 e. The van der Waals surface area contributed by atoms with E-state index in [1.807, 2.05) is 30.3 Å². The van der Waals surface area contributed by atoms with Gasteiger partial charge in [-0.25, -0.2) is 0 Å². The number of rotatable bonds is 4. The molecule has 2 aromatic heterocycles. The third kappa shape index (κ3) is 2.82. The summed E-state index contributed by atoms with van der Waals surface area (Å²) in [6, 6.07) is 11.1. The summed E-state index contributed by atoms with van der Waals surface area (Å²) in [5.41, 5.74) is 7.47. The monoisotopic (exact) mass is 311 g/mol. The topological polar surface area (TPSA) is 85.1 Å². The third-order valence-electron chi connectivity index (χ3n) is 3.25. The van der Waals surface area contributed by atoms with E-state index in [9.17, 15) is 9.59 Å². The molecule has 0 aliphatic rings. The van der Waals surface area contributed by atoms with Crippen molar-refractivity contribution >= 4 is 39.7 Å². The Kier molecular flexibility index (Phi) is 3.84. The van der Waals surface area contributed by atoms with Crippen molar-refractivity contribution in [3.05, 3.63) is 58.4 Å². The zero-order chi connectivity index (χ0) is 15.5. The highest BCUT2D eigenvalue weighted by molar-refractivity contribution is 7.12. The zero-order valence-corrected chi connectivity index (χ0v) is 12.4. The first kappa shape index (κ1) is 14.2. The maximum atomic E-state index is 12.2. The number of pyridine rings is 1. The average Bonchev–Trinajstić information content (AvgIpc) is 2.96. The summed E-state index contributed by atoms with van der Waals surface area (Å²) in [5, 5.41) is 5.40. The van der Waals surface area contributed by atoms with Crippen molar-refractivity contribution in [3.8, 4) is 0 Å². The van der Waals surface area contributed by atoms with Crippen LogP contribution in [0.5, 0.6) is 0 Å². The molecule has 3 rings (SSSR count). The van der Waals surface area contributed by atoms with Gasteiger partial charge in [0, 0.05) is 11.6 Å². The lowest BCUT2D eigenvalue weighted by molar-refractivity contribution is -0.115. The largest absolute Gasteiger partial charge is 0.365 e. The molecule has 0 spiro atoms. The standard InChI is InChI=1S/C16H13N3O2S/c17-16(21)15-13(6-8-22-15)19-14(20)9-10-3-1-5-12-11(10)4-2-7-18-12/h1-8H,9H2,(H2,17,21)(H,19,20). The number of fused-ring (bicyclic) bond motifs is 1. The number of thiophene rings is 1. The van der Waals surface area contributed by atoms with Crippen LogP contribution in [0, 0.1) is 0 Å². The molecule has 2 amide bonds. The van der Waals surface area contributed by atoms with Gasteiger partial charge in [0.2, 0.25) is 5.91 Å². The first-order chi connectivity index (χ1) is 10.6. The number of amides is 2. The Morgan fingerprint density at radius 1 is 1.18 bits per heavy atom. The van der Waals surface area contributed by atoms with E-state index in [0.29, 0.717) is 10.6 Å². The first-order valence-electron chi connectivity index (χ1n) is 6.65. The number of benzene rings is 1. The lowest BCUT2D eigenvalue weighted by Crippen LogP contribution is -2.18. The van der Waals surface area contributed by atoms with Gasteiger partial charge >= 0.3 is 0 Å². The summed E-state index contributed by atoms with van der Waals surface area (Å²) in [6.07, 6.45) is 1.92. The minimum absolute atomic E-state index is 0.197. The minimum Gasteiger partial charge on any atom is -0.365 e. The van der Waals surface area contributed by atoms with Crippen LogP contribution >= 0.6 is 11.3 Å². The molecule has 0 saturated heterocycles. The van der Waals surface area contributed by atoms with E-state index < -0.39 is 5.91 Å². The molecule has 0 unspecified atom stereocenters. The Bertz CT molecular complexity index is 852.